The largest absolute Gasteiger partial charge is 0.415 e. The average molecular weight is 194 g/mol. The Balaban J connectivity index is 3.13. The van der Waals surface area contributed by atoms with Crippen molar-refractivity contribution in [2.45, 2.75) is 26.2 Å². The van der Waals surface area contributed by atoms with Crippen LogP contribution in [0.25, 0.3) is 0 Å². The minimum atomic E-state index is -0.117. The smallest absolute Gasteiger partial charge is 0.293 e. The van der Waals surface area contributed by atoms with Gasteiger partial charge in [0.15, 0.2) is 0 Å². The SMILES string of the molecule is CC(C)(C)c1nc(Cl)oc1Cl. The van der Waals surface area contributed by atoms with Gasteiger partial charge in [-0.1, -0.05) is 20.8 Å². The van der Waals surface area contributed by atoms with E-state index in [4.69, 9.17) is 27.6 Å². The predicted octanol–water partition coefficient (Wildman–Crippen LogP) is 3.28. The number of oxazole rings is 1. The molecular weight excluding hydrogens is 185 g/mol. The van der Waals surface area contributed by atoms with Crippen LogP contribution >= 0.6 is 23.2 Å². The summed E-state index contributed by atoms with van der Waals surface area (Å²) < 4.78 is 4.86. The fourth-order valence-corrected chi connectivity index (χ4v) is 1.34. The summed E-state index contributed by atoms with van der Waals surface area (Å²) in [4.78, 5) is 3.95. The second-order valence-electron chi connectivity index (χ2n) is 3.34. The minimum absolute atomic E-state index is 0.0972. The number of hydrogen-bond donors (Lipinski definition) is 0. The van der Waals surface area contributed by atoms with Gasteiger partial charge in [0.2, 0.25) is 5.22 Å². The Labute approximate surface area is 75.5 Å². The molecule has 62 valence electrons. The van der Waals surface area contributed by atoms with E-state index in [-0.39, 0.29) is 16.0 Å². The fourth-order valence-electron chi connectivity index (χ4n) is 0.739. The molecule has 0 amide bonds. The predicted molar refractivity (Wildman–Crippen MR) is 45.2 cm³/mol. The molecule has 0 aliphatic heterocycles. The molecule has 0 unspecified atom stereocenters. The summed E-state index contributed by atoms with van der Waals surface area (Å²) in [5.41, 5.74) is 0.581. The van der Waals surface area contributed by atoms with Crippen LogP contribution in [0.1, 0.15) is 26.5 Å². The molecule has 0 bridgehead atoms. The van der Waals surface area contributed by atoms with E-state index in [1.165, 1.54) is 0 Å². The van der Waals surface area contributed by atoms with E-state index in [1.54, 1.807) is 0 Å². The second kappa shape index (κ2) is 2.68. The first-order valence-electron chi connectivity index (χ1n) is 3.23. The molecule has 1 aromatic rings. The average Bonchev–Trinajstić information content (AvgIpc) is 2.08. The lowest BCUT2D eigenvalue weighted by Gasteiger charge is -2.13. The molecule has 0 aliphatic carbocycles. The Bertz CT molecular complexity index is 262. The number of halogens is 2. The van der Waals surface area contributed by atoms with Gasteiger partial charge in [0.05, 0.1) is 0 Å². The summed E-state index contributed by atoms with van der Waals surface area (Å²) in [6.45, 7) is 5.98. The van der Waals surface area contributed by atoms with Crippen molar-refractivity contribution in [3.63, 3.8) is 0 Å². The van der Waals surface area contributed by atoms with E-state index in [0.717, 1.165) is 0 Å². The van der Waals surface area contributed by atoms with E-state index in [9.17, 15) is 0 Å². The number of hydrogen-bond acceptors (Lipinski definition) is 2. The third-order valence-corrected chi connectivity index (χ3v) is 1.69. The monoisotopic (exact) mass is 193 g/mol. The van der Waals surface area contributed by atoms with Gasteiger partial charge in [0.25, 0.3) is 5.35 Å². The molecule has 0 atom stereocenters. The molecule has 0 aliphatic rings. The Morgan fingerprint density at radius 2 is 1.82 bits per heavy atom. The van der Waals surface area contributed by atoms with Gasteiger partial charge in [0, 0.05) is 5.41 Å². The van der Waals surface area contributed by atoms with Crippen LogP contribution in [-0.4, -0.2) is 4.98 Å². The van der Waals surface area contributed by atoms with Gasteiger partial charge in [0.1, 0.15) is 5.69 Å². The molecule has 0 saturated heterocycles. The molecular formula is C7H9Cl2NO. The lowest BCUT2D eigenvalue weighted by Crippen LogP contribution is -2.11. The van der Waals surface area contributed by atoms with E-state index < -0.39 is 0 Å². The molecule has 1 rings (SSSR count). The molecule has 0 radical (unpaired) electrons. The molecule has 2 nitrogen and oxygen atoms in total. The van der Waals surface area contributed by atoms with Crippen molar-refractivity contribution in [1.29, 1.82) is 0 Å². The normalized spacial score (nSPS) is 12.1. The Morgan fingerprint density at radius 3 is 2.00 bits per heavy atom. The highest BCUT2D eigenvalue weighted by molar-refractivity contribution is 6.31. The van der Waals surface area contributed by atoms with E-state index in [1.807, 2.05) is 20.8 Å². The van der Waals surface area contributed by atoms with Crippen molar-refractivity contribution in [1.82, 2.24) is 4.98 Å². The van der Waals surface area contributed by atoms with Gasteiger partial charge >= 0.3 is 0 Å². The van der Waals surface area contributed by atoms with Crippen LogP contribution in [0.3, 0.4) is 0 Å². The first-order chi connectivity index (χ1) is 4.91. The first-order valence-corrected chi connectivity index (χ1v) is 3.99. The fraction of sp³-hybridized carbons (Fsp3) is 0.571. The first kappa shape index (κ1) is 8.88. The summed E-state index contributed by atoms with van der Waals surface area (Å²) >= 11 is 11.2. The quantitative estimate of drug-likeness (QED) is 0.633. The molecule has 0 N–H and O–H groups in total. The zero-order chi connectivity index (χ0) is 8.65. The molecule has 0 aromatic carbocycles. The van der Waals surface area contributed by atoms with Crippen molar-refractivity contribution in [3.05, 3.63) is 16.3 Å². The van der Waals surface area contributed by atoms with Crippen LogP contribution in [0.5, 0.6) is 0 Å². The van der Waals surface area contributed by atoms with Crippen LogP contribution in [0.15, 0.2) is 4.42 Å². The molecule has 4 heteroatoms. The number of nitrogens with zero attached hydrogens (tertiary/aromatic N) is 1. The molecule has 0 spiro atoms. The molecule has 11 heavy (non-hydrogen) atoms. The van der Waals surface area contributed by atoms with Crippen LogP contribution in [-0.2, 0) is 5.41 Å². The van der Waals surface area contributed by atoms with Crippen LogP contribution in [0, 0.1) is 0 Å². The van der Waals surface area contributed by atoms with Gasteiger partial charge in [-0.2, -0.15) is 0 Å². The van der Waals surface area contributed by atoms with Gasteiger partial charge in [-0.25, -0.2) is 4.98 Å². The van der Waals surface area contributed by atoms with Crippen molar-refractivity contribution in [2.24, 2.45) is 0 Å². The zero-order valence-corrected chi connectivity index (χ0v) is 8.12. The van der Waals surface area contributed by atoms with Gasteiger partial charge in [-0.3, -0.25) is 0 Å². The van der Waals surface area contributed by atoms with Crippen molar-refractivity contribution < 1.29 is 4.42 Å². The van der Waals surface area contributed by atoms with Crippen LogP contribution in [0.2, 0.25) is 10.6 Å². The number of rotatable bonds is 0. The summed E-state index contributed by atoms with van der Waals surface area (Å²) in [7, 11) is 0. The van der Waals surface area contributed by atoms with Gasteiger partial charge in [-0.15, -0.1) is 0 Å². The third kappa shape index (κ3) is 1.88. The summed E-state index contributed by atoms with van der Waals surface area (Å²) in [5.74, 6) is 0. The van der Waals surface area contributed by atoms with Gasteiger partial charge in [-0.05, 0) is 23.2 Å². The highest BCUT2D eigenvalue weighted by Gasteiger charge is 2.23. The molecule has 0 fully saturated rings. The maximum Gasteiger partial charge on any atom is 0.293 e. The minimum Gasteiger partial charge on any atom is -0.415 e. The van der Waals surface area contributed by atoms with Gasteiger partial charge < -0.3 is 4.42 Å². The molecule has 0 saturated carbocycles. The second-order valence-corrected chi connectivity index (χ2v) is 4.01. The molecule has 1 heterocycles. The van der Waals surface area contributed by atoms with E-state index in [0.29, 0.717) is 5.69 Å². The lowest BCUT2D eigenvalue weighted by molar-refractivity contribution is 0.540. The van der Waals surface area contributed by atoms with Crippen molar-refractivity contribution >= 4 is 23.2 Å². The zero-order valence-electron chi connectivity index (χ0n) is 6.61. The maximum atomic E-state index is 5.72. The van der Waals surface area contributed by atoms with Crippen molar-refractivity contribution in [3.8, 4) is 0 Å². The van der Waals surface area contributed by atoms with Crippen LogP contribution in [0.4, 0.5) is 0 Å². The lowest BCUT2D eigenvalue weighted by atomic mass is 9.93. The third-order valence-electron chi connectivity index (χ3n) is 1.27. The Morgan fingerprint density at radius 1 is 1.27 bits per heavy atom. The number of aromatic nitrogens is 1. The van der Waals surface area contributed by atoms with E-state index in [2.05, 4.69) is 4.98 Å². The maximum absolute atomic E-state index is 5.72. The van der Waals surface area contributed by atoms with E-state index >= 15 is 0 Å². The molecule has 1 aromatic heterocycles. The highest BCUT2D eigenvalue weighted by atomic mass is 35.5. The summed E-state index contributed by atoms with van der Waals surface area (Å²) in [6, 6.07) is 0. The highest BCUT2D eigenvalue weighted by Crippen LogP contribution is 2.30. The Hall–Kier alpha value is -0.210. The topological polar surface area (TPSA) is 26.0 Å². The Kier molecular flexibility index (Phi) is 2.17. The van der Waals surface area contributed by atoms with Crippen LogP contribution < -0.4 is 0 Å². The standard InChI is InChI=1S/C7H9Cl2NO/c1-7(2,3)4-5(8)11-6(9)10-4/h1-3H3. The summed E-state index contributed by atoms with van der Waals surface area (Å²) in [5, 5.41) is 0.377. The summed E-state index contributed by atoms with van der Waals surface area (Å²) in [6.07, 6.45) is 0. The van der Waals surface area contributed by atoms with Crippen molar-refractivity contribution in [2.75, 3.05) is 0 Å².